The second-order valence-electron chi connectivity index (χ2n) is 6.71. The van der Waals surface area contributed by atoms with Crippen molar-refractivity contribution in [1.82, 2.24) is 9.97 Å². The molecule has 1 aliphatic rings. The van der Waals surface area contributed by atoms with E-state index in [1.165, 1.54) is 17.7 Å². The normalized spacial score (nSPS) is 15.9. The molecule has 2 aromatic carbocycles. The van der Waals surface area contributed by atoms with E-state index in [0.29, 0.717) is 11.6 Å². The molecule has 1 heterocycles. The molecule has 0 spiro atoms. The van der Waals surface area contributed by atoms with Gasteiger partial charge in [-0.05, 0) is 42.7 Å². The number of benzene rings is 2. The highest BCUT2D eigenvalue weighted by Gasteiger charge is 2.31. The molecule has 1 aromatic heterocycles. The van der Waals surface area contributed by atoms with Crippen LogP contribution in [-0.4, -0.2) is 17.0 Å². The lowest BCUT2D eigenvalue weighted by atomic mass is 9.97. The smallest absolute Gasteiger partial charge is 0.373 e. The van der Waals surface area contributed by atoms with Crippen molar-refractivity contribution in [3.05, 3.63) is 77.0 Å². The van der Waals surface area contributed by atoms with E-state index >= 15 is 0 Å². The van der Waals surface area contributed by atoms with Gasteiger partial charge in [0.15, 0.2) is 0 Å². The number of hydrogen-bond acceptors (Lipinski definition) is 4. The average molecular weight is 384 g/mol. The summed E-state index contributed by atoms with van der Waals surface area (Å²) >= 11 is 0. The topological polar surface area (TPSA) is 49.8 Å². The van der Waals surface area contributed by atoms with Gasteiger partial charge < -0.3 is 10.6 Å². The fourth-order valence-corrected chi connectivity index (χ4v) is 3.61. The molecule has 2 N–H and O–H groups in total. The number of nitrogens with one attached hydrogen (secondary N) is 2. The van der Waals surface area contributed by atoms with Crippen molar-refractivity contribution in [2.75, 3.05) is 17.7 Å². The molecule has 0 aliphatic heterocycles. The van der Waals surface area contributed by atoms with Crippen LogP contribution in [0.2, 0.25) is 0 Å². The zero-order chi connectivity index (χ0) is 19.7. The number of rotatable bonds is 4. The van der Waals surface area contributed by atoms with Crippen LogP contribution in [0.25, 0.3) is 0 Å². The Morgan fingerprint density at radius 1 is 0.964 bits per heavy atom. The maximum absolute atomic E-state index is 12.7. The highest BCUT2D eigenvalue weighted by atomic mass is 19.4. The van der Waals surface area contributed by atoms with Crippen LogP contribution in [0.1, 0.15) is 34.7 Å². The van der Waals surface area contributed by atoms with E-state index in [1.54, 1.807) is 7.05 Å². The van der Waals surface area contributed by atoms with Gasteiger partial charge in [0.1, 0.15) is 5.82 Å². The maximum atomic E-state index is 12.7. The van der Waals surface area contributed by atoms with E-state index in [0.717, 1.165) is 42.0 Å². The van der Waals surface area contributed by atoms with Gasteiger partial charge in [-0.1, -0.05) is 30.3 Å². The van der Waals surface area contributed by atoms with Crippen LogP contribution in [0.4, 0.5) is 30.6 Å². The van der Waals surface area contributed by atoms with E-state index in [-0.39, 0.29) is 5.92 Å². The van der Waals surface area contributed by atoms with Gasteiger partial charge in [0.05, 0.1) is 11.3 Å². The SMILES string of the molecule is CNc1nc(Nc2ccc(C(F)(F)F)cc2)nc2c1CCC2c1ccccc1. The molecule has 0 saturated carbocycles. The number of aromatic nitrogens is 2. The largest absolute Gasteiger partial charge is 0.416 e. The molecule has 1 unspecified atom stereocenters. The Morgan fingerprint density at radius 3 is 2.32 bits per heavy atom. The van der Waals surface area contributed by atoms with Gasteiger partial charge in [-0.15, -0.1) is 0 Å². The first-order chi connectivity index (χ1) is 13.5. The molecule has 1 atom stereocenters. The van der Waals surface area contributed by atoms with Gasteiger partial charge >= 0.3 is 6.18 Å². The fraction of sp³-hybridized carbons (Fsp3) is 0.238. The Hall–Kier alpha value is -3.09. The minimum Gasteiger partial charge on any atom is -0.373 e. The third-order valence-electron chi connectivity index (χ3n) is 4.96. The van der Waals surface area contributed by atoms with E-state index < -0.39 is 11.7 Å². The number of fused-ring (bicyclic) bond motifs is 1. The lowest BCUT2D eigenvalue weighted by Gasteiger charge is -2.15. The van der Waals surface area contributed by atoms with Crippen LogP contribution >= 0.6 is 0 Å². The lowest BCUT2D eigenvalue weighted by molar-refractivity contribution is -0.137. The van der Waals surface area contributed by atoms with E-state index in [4.69, 9.17) is 4.98 Å². The van der Waals surface area contributed by atoms with Gasteiger partial charge in [-0.25, -0.2) is 4.98 Å². The summed E-state index contributed by atoms with van der Waals surface area (Å²) in [4.78, 5) is 9.20. The second kappa shape index (κ2) is 7.14. The van der Waals surface area contributed by atoms with Crippen LogP contribution in [0.15, 0.2) is 54.6 Å². The lowest BCUT2D eigenvalue weighted by Crippen LogP contribution is -2.08. The third kappa shape index (κ3) is 3.52. The molecule has 0 bridgehead atoms. The minimum atomic E-state index is -4.36. The molecule has 0 amide bonds. The molecular formula is C21H19F3N4. The quantitative estimate of drug-likeness (QED) is 0.636. The van der Waals surface area contributed by atoms with E-state index in [1.807, 2.05) is 18.2 Å². The van der Waals surface area contributed by atoms with Crippen molar-refractivity contribution in [2.24, 2.45) is 0 Å². The summed E-state index contributed by atoms with van der Waals surface area (Å²) in [6.07, 6.45) is -2.52. The van der Waals surface area contributed by atoms with E-state index in [2.05, 4.69) is 27.8 Å². The van der Waals surface area contributed by atoms with Crippen LogP contribution < -0.4 is 10.6 Å². The highest BCUT2D eigenvalue weighted by molar-refractivity contribution is 5.60. The van der Waals surface area contributed by atoms with E-state index in [9.17, 15) is 13.2 Å². The Labute approximate surface area is 160 Å². The van der Waals surface area contributed by atoms with Crippen molar-refractivity contribution >= 4 is 17.5 Å². The maximum Gasteiger partial charge on any atom is 0.416 e. The number of halogens is 3. The zero-order valence-corrected chi connectivity index (χ0v) is 15.2. The Balaban J connectivity index is 1.66. The predicted molar refractivity (Wildman–Crippen MR) is 103 cm³/mol. The van der Waals surface area contributed by atoms with Gasteiger partial charge in [-0.2, -0.15) is 18.2 Å². The van der Waals surface area contributed by atoms with Crippen LogP contribution in [0.5, 0.6) is 0 Å². The second-order valence-corrected chi connectivity index (χ2v) is 6.71. The van der Waals surface area contributed by atoms with Gasteiger partial charge in [0.2, 0.25) is 5.95 Å². The predicted octanol–water partition coefficient (Wildman–Crippen LogP) is 5.36. The Morgan fingerprint density at radius 2 is 1.68 bits per heavy atom. The number of anilines is 3. The van der Waals surface area contributed by atoms with Crippen LogP contribution in [-0.2, 0) is 12.6 Å². The molecule has 7 heteroatoms. The van der Waals surface area contributed by atoms with Crippen molar-refractivity contribution in [3.8, 4) is 0 Å². The van der Waals surface area contributed by atoms with Crippen LogP contribution in [0, 0.1) is 0 Å². The standard InChI is InChI=1S/C21H19F3N4/c1-25-19-17-12-11-16(13-5-3-2-4-6-13)18(17)27-20(28-19)26-15-9-7-14(8-10-15)21(22,23)24/h2-10,16H,11-12H2,1H3,(H2,25,26,27,28). The first-order valence-corrected chi connectivity index (χ1v) is 9.03. The first kappa shape index (κ1) is 18.3. The number of nitrogens with zero attached hydrogens (tertiary/aromatic N) is 2. The third-order valence-corrected chi connectivity index (χ3v) is 4.96. The summed E-state index contributed by atoms with van der Waals surface area (Å²) in [7, 11) is 1.81. The molecule has 0 radical (unpaired) electrons. The van der Waals surface area contributed by atoms with Crippen molar-refractivity contribution in [1.29, 1.82) is 0 Å². The average Bonchev–Trinajstić information content (AvgIpc) is 3.12. The summed E-state index contributed by atoms with van der Waals surface area (Å²) in [5, 5.41) is 6.14. The summed E-state index contributed by atoms with van der Waals surface area (Å²) in [6, 6.07) is 15.0. The van der Waals surface area contributed by atoms with Gasteiger partial charge in [-0.3, -0.25) is 0 Å². The summed E-state index contributed by atoms with van der Waals surface area (Å²) in [5.41, 5.74) is 3.06. The van der Waals surface area contributed by atoms with Crippen molar-refractivity contribution < 1.29 is 13.2 Å². The fourth-order valence-electron chi connectivity index (χ4n) is 3.61. The molecule has 3 aromatic rings. The molecule has 144 valence electrons. The minimum absolute atomic E-state index is 0.180. The molecule has 28 heavy (non-hydrogen) atoms. The van der Waals surface area contributed by atoms with Crippen LogP contribution in [0.3, 0.4) is 0 Å². The first-order valence-electron chi connectivity index (χ1n) is 9.03. The molecule has 1 aliphatic carbocycles. The molecule has 0 saturated heterocycles. The molecule has 4 nitrogen and oxygen atoms in total. The van der Waals surface area contributed by atoms with Crippen molar-refractivity contribution in [3.63, 3.8) is 0 Å². The van der Waals surface area contributed by atoms with Gasteiger partial charge in [0, 0.05) is 24.2 Å². The molecule has 4 rings (SSSR count). The Kier molecular flexibility index (Phi) is 4.66. The number of alkyl halides is 3. The summed E-state index contributed by atoms with van der Waals surface area (Å²) in [5.74, 6) is 1.29. The molecular weight excluding hydrogens is 365 g/mol. The summed E-state index contributed by atoms with van der Waals surface area (Å²) in [6.45, 7) is 0. The monoisotopic (exact) mass is 384 g/mol. The van der Waals surface area contributed by atoms with Gasteiger partial charge in [0.25, 0.3) is 0 Å². The summed E-state index contributed by atoms with van der Waals surface area (Å²) < 4.78 is 38.2. The number of hydrogen-bond donors (Lipinski definition) is 2. The zero-order valence-electron chi connectivity index (χ0n) is 15.2. The Bertz CT molecular complexity index is 969. The molecule has 0 fully saturated rings. The van der Waals surface area contributed by atoms with Crippen molar-refractivity contribution in [2.45, 2.75) is 24.9 Å². The highest BCUT2D eigenvalue weighted by Crippen LogP contribution is 2.40.